The van der Waals surface area contributed by atoms with Crippen molar-refractivity contribution in [2.24, 2.45) is 39.4 Å². The Morgan fingerprint density at radius 3 is 2.28 bits per heavy atom. The molecule has 4 aliphatic carbocycles. The normalized spacial score (nSPS) is 54.6. The van der Waals surface area contributed by atoms with Gasteiger partial charge in [0.15, 0.2) is 6.29 Å². The highest BCUT2D eigenvalue weighted by Gasteiger charge is 2.75. The van der Waals surface area contributed by atoms with Crippen LogP contribution in [-0.2, 0) is 19.0 Å². The maximum atomic E-state index is 14.8. The molecule has 16 unspecified atom stereocenters. The quantitative estimate of drug-likeness (QED) is 0.249. The molecule has 2 heterocycles. The average molecular weight is 649 g/mol. The highest BCUT2D eigenvalue weighted by Crippen LogP contribution is 2.75. The third kappa shape index (κ3) is 4.72. The lowest BCUT2D eigenvalue weighted by Crippen LogP contribution is -2.66. The number of Topliss-reactive ketones (excluding diaryl/α,β-unsaturated/α-hetero) is 1. The molecule has 2 aliphatic heterocycles. The molecule has 0 spiro atoms. The number of aliphatic hydroxyl groups is 6. The largest absolute Gasteiger partial charge is 0.394 e. The molecule has 0 aromatic rings. The monoisotopic (exact) mass is 648 g/mol. The molecule has 6 aliphatic rings. The van der Waals surface area contributed by atoms with Gasteiger partial charge in [0.1, 0.15) is 30.2 Å². The van der Waals surface area contributed by atoms with Crippen LogP contribution in [0.25, 0.3) is 0 Å². The second-order valence-corrected chi connectivity index (χ2v) is 17.2. The highest BCUT2D eigenvalue weighted by molar-refractivity contribution is 5.88. The SMILES string of the molecule is CC(C)=CC1CC(C)(O)C2C(CC3(C)C4CC=C5C(CC(OC6OC(CO)C(O)C(O)C6O)C(O)C5(C)C)C4(C)C(=O)CC23C)O1. The Morgan fingerprint density at radius 1 is 0.978 bits per heavy atom. The Kier molecular flexibility index (Phi) is 8.40. The summed E-state index contributed by atoms with van der Waals surface area (Å²) in [5.41, 5.74) is -1.21. The van der Waals surface area contributed by atoms with E-state index in [2.05, 4.69) is 32.9 Å². The van der Waals surface area contributed by atoms with Crippen LogP contribution in [0.5, 0.6) is 0 Å². The summed E-state index contributed by atoms with van der Waals surface area (Å²) >= 11 is 0. The molecule has 6 rings (SSSR count). The summed E-state index contributed by atoms with van der Waals surface area (Å²) in [7, 11) is 0. The number of carbonyl (C=O) groups excluding carboxylic acids is 1. The lowest BCUT2D eigenvalue weighted by atomic mass is 9.38. The Morgan fingerprint density at radius 2 is 1.65 bits per heavy atom. The van der Waals surface area contributed by atoms with Crippen molar-refractivity contribution >= 4 is 5.78 Å². The van der Waals surface area contributed by atoms with Crippen molar-refractivity contribution in [3.05, 3.63) is 23.3 Å². The zero-order valence-electron chi connectivity index (χ0n) is 28.6. The molecule has 5 fully saturated rings. The maximum Gasteiger partial charge on any atom is 0.187 e. The molecule has 0 aromatic carbocycles. The summed E-state index contributed by atoms with van der Waals surface area (Å²) in [4.78, 5) is 14.8. The minimum absolute atomic E-state index is 0.0501. The van der Waals surface area contributed by atoms with Gasteiger partial charge in [-0.3, -0.25) is 4.79 Å². The Bertz CT molecular complexity index is 1290. The summed E-state index contributed by atoms with van der Waals surface area (Å²) < 4.78 is 18.6. The number of aliphatic hydroxyl groups excluding tert-OH is 5. The van der Waals surface area contributed by atoms with Crippen LogP contribution in [0.2, 0.25) is 0 Å². The molecule has 3 saturated carbocycles. The van der Waals surface area contributed by atoms with E-state index in [1.54, 1.807) is 0 Å². The zero-order valence-corrected chi connectivity index (χ0v) is 28.6. The van der Waals surface area contributed by atoms with Gasteiger partial charge in [-0.15, -0.1) is 0 Å². The van der Waals surface area contributed by atoms with E-state index in [1.807, 2.05) is 34.6 Å². The highest BCUT2D eigenvalue weighted by atomic mass is 16.7. The van der Waals surface area contributed by atoms with Gasteiger partial charge in [-0.25, -0.2) is 0 Å². The van der Waals surface area contributed by atoms with Crippen molar-refractivity contribution in [3.63, 3.8) is 0 Å². The maximum absolute atomic E-state index is 14.8. The fourth-order valence-corrected chi connectivity index (χ4v) is 11.5. The van der Waals surface area contributed by atoms with Gasteiger partial charge in [0.25, 0.3) is 0 Å². The summed E-state index contributed by atoms with van der Waals surface area (Å²) in [5, 5.41) is 64.8. The molecule has 0 amide bonds. The van der Waals surface area contributed by atoms with E-state index in [0.717, 1.165) is 17.6 Å². The molecule has 16 atom stereocenters. The first-order valence-corrected chi connectivity index (χ1v) is 17.1. The second-order valence-electron chi connectivity index (χ2n) is 17.2. The predicted octanol–water partition coefficient (Wildman–Crippen LogP) is 2.41. The second kappa shape index (κ2) is 11.2. The number of fused-ring (bicyclic) bond motifs is 7. The third-order valence-electron chi connectivity index (χ3n) is 13.9. The van der Waals surface area contributed by atoms with Gasteiger partial charge in [-0.1, -0.05) is 57.9 Å². The number of rotatable bonds is 4. The number of ether oxygens (including phenoxy) is 3. The summed E-state index contributed by atoms with van der Waals surface area (Å²) in [6.45, 7) is 15.8. The first-order valence-electron chi connectivity index (χ1n) is 17.1. The minimum atomic E-state index is -1.60. The Labute approximate surface area is 272 Å². The van der Waals surface area contributed by atoms with E-state index in [9.17, 15) is 35.4 Å². The van der Waals surface area contributed by atoms with E-state index in [4.69, 9.17) is 14.2 Å². The van der Waals surface area contributed by atoms with Gasteiger partial charge in [-0.2, -0.15) is 0 Å². The number of allylic oxidation sites excluding steroid dienone is 2. The smallest absolute Gasteiger partial charge is 0.187 e. The summed E-state index contributed by atoms with van der Waals surface area (Å²) in [6, 6.07) is 0. The lowest BCUT2D eigenvalue weighted by Gasteiger charge is -2.65. The summed E-state index contributed by atoms with van der Waals surface area (Å²) in [6.07, 6.45) is -2.67. The van der Waals surface area contributed by atoms with Crippen LogP contribution in [-0.4, -0.2) is 104 Å². The van der Waals surface area contributed by atoms with E-state index in [0.29, 0.717) is 25.7 Å². The molecule has 10 nitrogen and oxygen atoms in total. The van der Waals surface area contributed by atoms with Gasteiger partial charge in [-0.05, 0) is 62.7 Å². The topological polar surface area (TPSA) is 166 Å². The average Bonchev–Trinajstić information content (AvgIpc) is 3.18. The summed E-state index contributed by atoms with van der Waals surface area (Å²) in [5.74, 6) is -0.367. The van der Waals surface area contributed by atoms with Gasteiger partial charge in [0, 0.05) is 29.6 Å². The predicted molar refractivity (Wildman–Crippen MR) is 168 cm³/mol. The van der Waals surface area contributed by atoms with Crippen LogP contribution >= 0.6 is 0 Å². The van der Waals surface area contributed by atoms with Gasteiger partial charge in [0.2, 0.25) is 0 Å². The van der Waals surface area contributed by atoms with E-state index in [-0.39, 0.29) is 41.2 Å². The van der Waals surface area contributed by atoms with Gasteiger partial charge >= 0.3 is 0 Å². The van der Waals surface area contributed by atoms with Crippen LogP contribution in [0, 0.1) is 39.4 Å². The molecule has 2 saturated heterocycles. The lowest BCUT2D eigenvalue weighted by molar-refractivity contribution is -0.323. The van der Waals surface area contributed by atoms with Crippen LogP contribution in [0.15, 0.2) is 23.3 Å². The molecule has 0 aromatic heterocycles. The van der Waals surface area contributed by atoms with Gasteiger partial charge < -0.3 is 44.8 Å². The molecule has 10 heteroatoms. The zero-order chi connectivity index (χ0) is 33.9. The molecule has 46 heavy (non-hydrogen) atoms. The molecule has 0 bridgehead atoms. The standard InChI is InChI=1S/C36H56O10/c1-17(2)11-18-13-35(7,43)29-22(44-18)14-33(5)24-10-9-19-20(36(24,8)25(38)15-34(29,33)6)12-21(30(42)32(19,3)4)45-31-28(41)27(40)26(39)23(16-37)46-31/h9,11,18,20-24,26-31,37,39-43H,10,12-16H2,1-8H3. The molecular formula is C36H56O10. The first-order chi connectivity index (χ1) is 21.2. The molecule has 0 radical (unpaired) electrons. The van der Waals surface area contributed by atoms with Crippen LogP contribution in [0.3, 0.4) is 0 Å². The molecule has 6 N–H and O–H groups in total. The number of hydrogen-bond acceptors (Lipinski definition) is 10. The first kappa shape index (κ1) is 34.6. The molecular weight excluding hydrogens is 592 g/mol. The Balaban J connectivity index is 1.35. The number of hydrogen-bond donors (Lipinski definition) is 6. The number of ketones is 1. The van der Waals surface area contributed by atoms with Crippen molar-refractivity contribution in [3.8, 4) is 0 Å². The van der Waals surface area contributed by atoms with Crippen molar-refractivity contribution in [1.82, 2.24) is 0 Å². The van der Waals surface area contributed by atoms with Gasteiger partial charge in [0.05, 0.1) is 36.6 Å². The third-order valence-corrected chi connectivity index (χ3v) is 13.9. The van der Waals surface area contributed by atoms with Crippen molar-refractivity contribution in [2.75, 3.05) is 6.61 Å². The Hall–Kier alpha value is -1.21. The van der Waals surface area contributed by atoms with Crippen LogP contribution < -0.4 is 0 Å². The van der Waals surface area contributed by atoms with E-state index in [1.165, 1.54) is 0 Å². The fraction of sp³-hybridized carbons (Fsp3) is 0.861. The van der Waals surface area contributed by atoms with Crippen LogP contribution in [0.4, 0.5) is 0 Å². The van der Waals surface area contributed by atoms with Crippen molar-refractivity contribution in [1.29, 1.82) is 0 Å². The van der Waals surface area contributed by atoms with Crippen molar-refractivity contribution in [2.45, 2.75) is 148 Å². The van der Waals surface area contributed by atoms with E-state index >= 15 is 0 Å². The van der Waals surface area contributed by atoms with Crippen LogP contribution in [0.1, 0.15) is 87.5 Å². The molecule has 260 valence electrons. The fourth-order valence-electron chi connectivity index (χ4n) is 11.5. The number of carbonyl (C=O) groups is 1. The van der Waals surface area contributed by atoms with E-state index < -0.39 is 71.4 Å². The van der Waals surface area contributed by atoms with Crippen molar-refractivity contribution < 1.29 is 49.6 Å². The minimum Gasteiger partial charge on any atom is -0.394 e.